The van der Waals surface area contributed by atoms with Crippen LogP contribution in [-0.4, -0.2) is 16.3 Å². The molecule has 0 fully saturated rings. The number of aromatic nitrogens is 1. The highest BCUT2D eigenvalue weighted by Gasteiger charge is 2.54. The minimum atomic E-state index is -4.78. The zero-order valence-electron chi connectivity index (χ0n) is 15.4. The van der Waals surface area contributed by atoms with E-state index in [0.29, 0.717) is 11.9 Å². The van der Waals surface area contributed by atoms with Gasteiger partial charge < -0.3 is 5.11 Å². The monoisotopic (exact) mass is 383 g/mol. The number of allylic oxidation sites excluding steroid dienone is 3. The first kappa shape index (κ1) is 20.6. The number of fused-ring (bicyclic) bond motifs is 1. The summed E-state index contributed by atoms with van der Waals surface area (Å²) in [6.45, 7) is 7.57. The number of thiazole rings is 1. The Morgan fingerprint density at radius 3 is 2.50 bits per heavy atom. The fraction of sp³-hybridized carbons (Fsp3) is 0.450. The van der Waals surface area contributed by atoms with Crippen LogP contribution in [0.3, 0.4) is 0 Å². The molecule has 1 aromatic heterocycles. The van der Waals surface area contributed by atoms with Crippen LogP contribution in [0.1, 0.15) is 50.6 Å². The molecule has 0 aliphatic rings. The van der Waals surface area contributed by atoms with Gasteiger partial charge in [-0.25, -0.2) is 4.98 Å². The summed E-state index contributed by atoms with van der Waals surface area (Å²) >= 11 is 1.42. The zero-order chi connectivity index (χ0) is 19.5. The van der Waals surface area contributed by atoms with Gasteiger partial charge in [-0.1, -0.05) is 29.4 Å². The minimum absolute atomic E-state index is 0.170. The molecule has 142 valence electrons. The molecule has 0 bridgehead atoms. The molecular formula is C20H24F3NOS. The Balaban J connectivity index is 2.30. The Kier molecular flexibility index (Phi) is 6.29. The number of alkyl halides is 3. The summed E-state index contributed by atoms with van der Waals surface area (Å²) in [5, 5.41) is 11.3. The lowest BCUT2D eigenvalue weighted by Crippen LogP contribution is -2.42. The average molecular weight is 383 g/mol. The second-order valence-electron chi connectivity index (χ2n) is 6.85. The van der Waals surface area contributed by atoms with Crippen molar-refractivity contribution in [2.24, 2.45) is 0 Å². The van der Waals surface area contributed by atoms with Gasteiger partial charge >= 0.3 is 6.18 Å². The van der Waals surface area contributed by atoms with Gasteiger partial charge in [0.15, 0.2) is 5.60 Å². The minimum Gasteiger partial charge on any atom is -0.376 e. The Morgan fingerprint density at radius 2 is 1.88 bits per heavy atom. The van der Waals surface area contributed by atoms with E-state index >= 15 is 0 Å². The van der Waals surface area contributed by atoms with Gasteiger partial charge in [-0.15, -0.1) is 11.3 Å². The van der Waals surface area contributed by atoms with Crippen molar-refractivity contribution in [1.82, 2.24) is 4.98 Å². The number of hydrogen-bond acceptors (Lipinski definition) is 3. The number of rotatable bonds is 6. The van der Waals surface area contributed by atoms with Crippen LogP contribution < -0.4 is 0 Å². The Hall–Kier alpha value is -1.66. The van der Waals surface area contributed by atoms with E-state index in [1.165, 1.54) is 35.1 Å². The lowest BCUT2D eigenvalue weighted by atomic mass is 9.88. The lowest BCUT2D eigenvalue weighted by Gasteiger charge is -2.30. The second-order valence-corrected chi connectivity index (χ2v) is 8.08. The van der Waals surface area contributed by atoms with Crippen molar-refractivity contribution in [2.75, 3.05) is 0 Å². The molecular weight excluding hydrogens is 359 g/mol. The summed E-state index contributed by atoms with van der Waals surface area (Å²) in [6, 6.07) is 4.29. The highest BCUT2D eigenvalue weighted by atomic mass is 32.1. The van der Waals surface area contributed by atoms with E-state index in [2.05, 4.69) is 4.98 Å². The van der Waals surface area contributed by atoms with Gasteiger partial charge in [0.2, 0.25) is 0 Å². The molecule has 1 aromatic carbocycles. The van der Waals surface area contributed by atoms with Gasteiger partial charge in [0.05, 0.1) is 15.2 Å². The van der Waals surface area contributed by atoms with Crippen LogP contribution in [0.5, 0.6) is 0 Å². The van der Waals surface area contributed by atoms with Crippen molar-refractivity contribution >= 4 is 21.6 Å². The lowest BCUT2D eigenvalue weighted by molar-refractivity contribution is -0.265. The number of aliphatic hydroxyl groups is 1. The molecule has 1 unspecified atom stereocenters. The summed E-state index contributed by atoms with van der Waals surface area (Å²) in [5.74, 6) is 0. The van der Waals surface area contributed by atoms with Crippen LogP contribution in [0.4, 0.5) is 13.2 Å². The molecule has 0 aliphatic carbocycles. The predicted octanol–water partition coefficient (Wildman–Crippen LogP) is 6.44. The van der Waals surface area contributed by atoms with Crippen LogP contribution in [0.2, 0.25) is 0 Å². The van der Waals surface area contributed by atoms with Gasteiger partial charge in [-0.05, 0) is 58.2 Å². The predicted molar refractivity (Wildman–Crippen MR) is 101 cm³/mol. The molecule has 0 spiro atoms. The average Bonchev–Trinajstić information content (AvgIpc) is 2.90. The Morgan fingerprint density at radius 1 is 1.19 bits per heavy atom. The van der Waals surface area contributed by atoms with E-state index in [1.54, 1.807) is 19.9 Å². The SMILES string of the molecule is CC(C)=CCCC(C)=CCC(O)(c1ccc2sc(C)nc2c1)C(F)(F)F. The summed E-state index contributed by atoms with van der Waals surface area (Å²) in [4.78, 5) is 4.24. The third kappa shape index (κ3) is 4.74. The fourth-order valence-corrected chi connectivity index (χ4v) is 3.52. The van der Waals surface area contributed by atoms with E-state index in [9.17, 15) is 18.3 Å². The molecule has 0 aliphatic heterocycles. The van der Waals surface area contributed by atoms with Crippen molar-refractivity contribution in [1.29, 1.82) is 0 Å². The molecule has 2 rings (SSSR count). The number of halogens is 3. The number of nitrogens with zero attached hydrogens (tertiary/aromatic N) is 1. The normalized spacial score (nSPS) is 15.2. The summed E-state index contributed by atoms with van der Waals surface area (Å²) < 4.78 is 41.9. The zero-order valence-corrected chi connectivity index (χ0v) is 16.3. The first-order chi connectivity index (χ1) is 12.0. The van der Waals surface area contributed by atoms with E-state index in [-0.39, 0.29) is 5.56 Å². The van der Waals surface area contributed by atoms with Gasteiger partial charge in [-0.2, -0.15) is 13.2 Å². The molecule has 0 radical (unpaired) electrons. The van der Waals surface area contributed by atoms with Gasteiger partial charge in [0, 0.05) is 6.42 Å². The van der Waals surface area contributed by atoms with Gasteiger partial charge in [-0.3, -0.25) is 0 Å². The number of aryl methyl sites for hydroxylation is 1. The maximum Gasteiger partial charge on any atom is 0.421 e. The molecule has 1 N–H and O–H groups in total. The van der Waals surface area contributed by atoms with E-state index in [4.69, 9.17) is 0 Å². The van der Waals surface area contributed by atoms with Crippen molar-refractivity contribution in [3.63, 3.8) is 0 Å². The molecule has 1 atom stereocenters. The molecule has 6 heteroatoms. The van der Waals surface area contributed by atoms with E-state index in [0.717, 1.165) is 21.7 Å². The highest BCUT2D eigenvalue weighted by Crippen LogP contribution is 2.43. The first-order valence-electron chi connectivity index (χ1n) is 8.49. The topological polar surface area (TPSA) is 33.1 Å². The highest BCUT2D eigenvalue weighted by molar-refractivity contribution is 7.18. The second kappa shape index (κ2) is 7.92. The van der Waals surface area contributed by atoms with Crippen LogP contribution >= 0.6 is 11.3 Å². The Bertz CT molecular complexity index is 831. The van der Waals surface area contributed by atoms with Crippen LogP contribution in [-0.2, 0) is 5.60 Å². The van der Waals surface area contributed by atoms with E-state index < -0.39 is 18.2 Å². The standard InChI is InChI=1S/C20H24F3NOS/c1-13(2)6-5-7-14(3)10-11-19(25,20(21,22)23)16-8-9-18-17(12-16)24-15(4)26-18/h6,8-10,12,25H,5,7,11H2,1-4H3. The molecule has 2 nitrogen and oxygen atoms in total. The molecule has 0 saturated carbocycles. The van der Waals surface area contributed by atoms with Crippen LogP contribution in [0.15, 0.2) is 41.5 Å². The third-order valence-electron chi connectivity index (χ3n) is 4.28. The molecule has 2 aromatic rings. The molecule has 26 heavy (non-hydrogen) atoms. The van der Waals surface area contributed by atoms with Crippen molar-refractivity contribution in [3.05, 3.63) is 52.1 Å². The maximum atomic E-state index is 13.7. The summed E-state index contributed by atoms with van der Waals surface area (Å²) in [6.07, 6.45) is -0.300. The fourth-order valence-electron chi connectivity index (χ4n) is 2.71. The number of hydrogen-bond donors (Lipinski definition) is 1. The molecule has 0 saturated heterocycles. The maximum absolute atomic E-state index is 13.7. The number of benzene rings is 1. The third-order valence-corrected chi connectivity index (χ3v) is 5.23. The van der Waals surface area contributed by atoms with Gasteiger partial charge in [0.1, 0.15) is 0 Å². The summed E-state index contributed by atoms with van der Waals surface area (Å²) in [5.41, 5.74) is -0.600. The molecule has 0 amide bonds. The van der Waals surface area contributed by atoms with Crippen LogP contribution in [0, 0.1) is 6.92 Å². The van der Waals surface area contributed by atoms with Gasteiger partial charge in [0.25, 0.3) is 0 Å². The van der Waals surface area contributed by atoms with E-state index in [1.807, 2.05) is 19.9 Å². The largest absolute Gasteiger partial charge is 0.421 e. The quantitative estimate of drug-likeness (QED) is 0.583. The van der Waals surface area contributed by atoms with Crippen molar-refractivity contribution < 1.29 is 18.3 Å². The first-order valence-corrected chi connectivity index (χ1v) is 9.30. The smallest absolute Gasteiger partial charge is 0.376 e. The van der Waals surface area contributed by atoms with Crippen molar-refractivity contribution in [2.45, 2.75) is 58.7 Å². The molecule has 1 heterocycles. The summed E-state index contributed by atoms with van der Waals surface area (Å²) in [7, 11) is 0. The Labute approximate surface area is 156 Å². The van der Waals surface area contributed by atoms with Crippen LogP contribution in [0.25, 0.3) is 10.2 Å². The van der Waals surface area contributed by atoms with Crippen molar-refractivity contribution in [3.8, 4) is 0 Å².